The summed E-state index contributed by atoms with van der Waals surface area (Å²) >= 11 is 0. The summed E-state index contributed by atoms with van der Waals surface area (Å²) in [5.74, 6) is -7.29. The fraction of sp³-hybridized carbons (Fsp3) is 0.125. The number of pyridine rings is 1. The third-order valence-electron chi connectivity index (χ3n) is 5.95. The van der Waals surface area contributed by atoms with Crippen LogP contribution in [0.4, 0.5) is 8.78 Å². The van der Waals surface area contributed by atoms with Gasteiger partial charge in [-0.2, -0.15) is 13.8 Å². The van der Waals surface area contributed by atoms with Gasteiger partial charge < -0.3 is 34.7 Å². The maximum Gasteiger partial charge on any atom is 0.330 e. The first-order chi connectivity index (χ1) is 21.5. The van der Waals surface area contributed by atoms with E-state index in [-0.39, 0.29) is 46.7 Å². The Hall–Kier alpha value is -5.98. The zero-order valence-corrected chi connectivity index (χ0v) is 24.3. The van der Waals surface area contributed by atoms with E-state index in [9.17, 15) is 14.7 Å². The van der Waals surface area contributed by atoms with E-state index in [0.29, 0.717) is 5.56 Å². The van der Waals surface area contributed by atoms with Gasteiger partial charge in [0.25, 0.3) is 17.7 Å². The molecule has 0 radical (unpaired) electrons. The molecule has 0 bridgehead atoms. The lowest BCUT2D eigenvalue weighted by Crippen LogP contribution is -2.21. The number of amidine groups is 1. The Bertz CT molecular complexity index is 1780. The summed E-state index contributed by atoms with van der Waals surface area (Å²) in [4.78, 5) is 29.2. The molecule has 4 N–H and O–H groups in total. The zero-order chi connectivity index (χ0) is 32.7. The fourth-order valence-corrected chi connectivity index (χ4v) is 3.76. The molecular weight excluding hydrogens is 590 g/mol. The van der Waals surface area contributed by atoms with Crippen LogP contribution in [-0.2, 0) is 9.53 Å². The number of nitrogens with two attached hydrogens (primary N) is 1. The molecule has 0 saturated heterocycles. The van der Waals surface area contributed by atoms with Crippen molar-refractivity contribution in [1.82, 2.24) is 9.88 Å². The van der Waals surface area contributed by atoms with Crippen LogP contribution in [-0.4, -0.2) is 53.4 Å². The van der Waals surface area contributed by atoms with Crippen molar-refractivity contribution in [2.75, 3.05) is 20.7 Å². The van der Waals surface area contributed by atoms with Gasteiger partial charge in [0.05, 0.1) is 6.61 Å². The first kappa shape index (κ1) is 31.9. The number of benzene rings is 3. The van der Waals surface area contributed by atoms with Gasteiger partial charge in [-0.3, -0.25) is 10.2 Å². The molecule has 45 heavy (non-hydrogen) atoms. The summed E-state index contributed by atoms with van der Waals surface area (Å²) in [6.45, 7) is 1.90. The van der Waals surface area contributed by atoms with Crippen molar-refractivity contribution < 1.29 is 42.4 Å². The lowest BCUT2D eigenvalue weighted by Gasteiger charge is -2.16. The summed E-state index contributed by atoms with van der Waals surface area (Å²) < 4.78 is 53.1. The van der Waals surface area contributed by atoms with Crippen LogP contribution in [0.15, 0.2) is 72.8 Å². The van der Waals surface area contributed by atoms with Crippen molar-refractivity contribution in [2.45, 2.75) is 6.92 Å². The van der Waals surface area contributed by atoms with Gasteiger partial charge in [0, 0.05) is 31.3 Å². The normalized spacial score (nSPS) is 10.8. The average Bonchev–Trinajstić information content (AvgIpc) is 3.01. The SMILES string of the molecule is CCOC(=O)/C=C/c1ccc(Oc2c(F)c(Oc3cccc(C(=O)N(C)C)c3)nc(Oc3cc(C(=N)N)ccc3O)c2F)cc1. The van der Waals surface area contributed by atoms with Crippen LogP contribution < -0.4 is 19.9 Å². The Morgan fingerprint density at radius 3 is 2.27 bits per heavy atom. The number of nitrogens with zero attached hydrogens (tertiary/aromatic N) is 2. The molecular formula is C32H28F2N4O7. The summed E-state index contributed by atoms with van der Waals surface area (Å²) in [6, 6.07) is 15.4. The lowest BCUT2D eigenvalue weighted by molar-refractivity contribution is -0.137. The number of esters is 1. The number of nitrogen functional groups attached to an aromatic ring is 1. The number of phenolic OH excluding ortho intramolecular Hbond substituents is 1. The lowest BCUT2D eigenvalue weighted by atomic mass is 10.2. The average molecular weight is 619 g/mol. The molecule has 1 amide bonds. The van der Waals surface area contributed by atoms with Crippen LogP contribution in [0.5, 0.6) is 40.5 Å². The van der Waals surface area contributed by atoms with Crippen molar-refractivity contribution in [1.29, 1.82) is 5.41 Å². The molecule has 0 atom stereocenters. The summed E-state index contributed by atoms with van der Waals surface area (Å²) in [5.41, 5.74) is 6.48. The van der Waals surface area contributed by atoms with Crippen LogP contribution in [0.2, 0.25) is 0 Å². The third-order valence-corrected chi connectivity index (χ3v) is 5.95. The number of aromatic hydroxyl groups is 1. The fourth-order valence-electron chi connectivity index (χ4n) is 3.76. The number of rotatable bonds is 11. The number of aromatic nitrogens is 1. The maximum absolute atomic E-state index is 15.8. The van der Waals surface area contributed by atoms with Gasteiger partial charge in [-0.05, 0) is 67.1 Å². The van der Waals surface area contributed by atoms with Gasteiger partial charge in [0.2, 0.25) is 17.4 Å². The Labute approximate surface area is 256 Å². The van der Waals surface area contributed by atoms with Crippen molar-refractivity contribution in [2.24, 2.45) is 5.73 Å². The number of amides is 1. The molecule has 4 rings (SSSR count). The molecule has 4 aromatic rings. The third kappa shape index (κ3) is 7.90. The Morgan fingerprint density at radius 1 is 0.933 bits per heavy atom. The van der Waals surface area contributed by atoms with E-state index in [1.807, 2.05) is 0 Å². The highest BCUT2D eigenvalue weighted by atomic mass is 19.1. The van der Waals surface area contributed by atoms with E-state index in [0.717, 1.165) is 0 Å². The minimum atomic E-state index is -1.38. The standard InChI is InChI=1S/C32H28F2N4O7/c1-4-42-25(40)15-10-18-8-12-21(13-9-18)43-28-26(33)30(44-22-7-5-6-20(16-22)32(41)38(2)3)37-31(27(28)34)45-24-17-19(29(35)36)11-14-23(24)39/h5-17,39H,4H2,1-3H3,(H3,35,36)/b15-10+. The van der Waals surface area contributed by atoms with Gasteiger partial charge in [0.15, 0.2) is 11.5 Å². The molecule has 0 aliphatic rings. The number of carbonyl (C=O) groups is 2. The highest BCUT2D eigenvalue weighted by Crippen LogP contribution is 2.41. The zero-order valence-electron chi connectivity index (χ0n) is 24.3. The molecule has 1 heterocycles. The first-order valence-electron chi connectivity index (χ1n) is 13.3. The Morgan fingerprint density at radius 2 is 1.62 bits per heavy atom. The van der Waals surface area contributed by atoms with E-state index in [1.165, 1.54) is 83.8 Å². The molecule has 3 aromatic carbocycles. The predicted octanol–water partition coefficient (Wildman–Crippen LogP) is 6.00. The minimum Gasteiger partial charge on any atom is -0.504 e. The summed E-state index contributed by atoms with van der Waals surface area (Å²) in [7, 11) is 3.12. The number of carbonyl (C=O) groups excluding carboxylic acids is 2. The molecule has 0 spiro atoms. The molecule has 13 heteroatoms. The largest absolute Gasteiger partial charge is 0.504 e. The van der Waals surface area contributed by atoms with E-state index in [1.54, 1.807) is 21.0 Å². The number of ether oxygens (including phenoxy) is 4. The second-order valence-electron chi connectivity index (χ2n) is 9.46. The number of nitrogens with one attached hydrogen (secondary N) is 1. The first-order valence-corrected chi connectivity index (χ1v) is 13.3. The quantitative estimate of drug-likeness (QED) is 0.0793. The molecule has 0 saturated carbocycles. The van der Waals surface area contributed by atoms with Crippen LogP contribution in [0.3, 0.4) is 0 Å². The van der Waals surface area contributed by atoms with E-state index in [2.05, 4.69) is 4.98 Å². The van der Waals surface area contributed by atoms with E-state index < -0.39 is 40.9 Å². The van der Waals surface area contributed by atoms with Crippen LogP contribution in [0.25, 0.3) is 6.08 Å². The molecule has 11 nitrogen and oxygen atoms in total. The molecule has 0 fully saturated rings. The number of phenols is 1. The number of hydrogen-bond acceptors (Lipinski definition) is 9. The molecule has 0 aliphatic heterocycles. The molecule has 0 aliphatic carbocycles. The van der Waals surface area contributed by atoms with Gasteiger partial charge in [0.1, 0.15) is 17.3 Å². The second kappa shape index (κ2) is 14.0. The second-order valence-corrected chi connectivity index (χ2v) is 9.46. The minimum absolute atomic E-state index is 0.00299. The molecule has 232 valence electrons. The van der Waals surface area contributed by atoms with E-state index >= 15 is 8.78 Å². The maximum atomic E-state index is 15.8. The smallest absolute Gasteiger partial charge is 0.330 e. The number of hydrogen-bond donors (Lipinski definition) is 3. The highest BCUT2D eigenvalue weighted by Gasteiger charge is 2.27. The Balaban J connectivity index is 1.74. The van der Waals surface area contributed by atoms with Crippen molar-refractivity contribution in [3.63, 3.8) is 0 Å². The van der Waals surface area contributed by atoms with Crippen molar-refractivity contribution in [3.8, 4) is 40.5 Å². The van der Waals surface area contributed by atoms with Gasteiger partial charge in [-0.25, -0.2) is 4.79 Å². The summed E-state index contributed by atoms with van der Waals surface area (Å²) in [5, 5.41) is 17.9. The Kier molecular flexibility index (Phi) is 9.93. The monoisotopic (exact) mass is 618 g/mol. The van der Waals surface area contributed by atoms with Crippen LogP contribution >= 0.6 is 0 Å². The molecule has 0 unspecified atom stereocenters. The van der Waals surface area contributed by atoms with Gasteiger partial charge >= 0.3 is 5.97 Å². The van der Waals surface area contributed by atoms with Crippen LogP contribution in [0, 0.1) is 17.0 Å². The highest BCUT2D eigenvalue weighted by molar-refractivity contribution is 5.95. The van der Waals surface area contributed by atoms with Crippen molar-refractivity contribution >= 4 is 23.8 Å². The molecule has 1 aromatic heterocycles. The summed E-state index contributed by atoms with van der Waals surface area (Å²) in [6.07, 6.45) is 2.72. The van der Waals surface area contributed by atoms with E-state index in [4.69, 9.17) is 30.1 Å². The predicted molar refractivity (Wildman–Crippen MR) is 160 cm³/mol. The number of halogens is 2. The van der Waals surface area contributed by atoms with Gasteiger partial charge in [-0.1, -0.05) is 18.2 Å². The van der Waals surface area contributed by atoms with Gasteiger partial charge in [-0.15, -0.1) is 0 Å². The van der Waals surface area contributed by atoms with Crippen molar-refractivity contribution in [3.05, 3.63) is 101 Å². The van der Waals surface area contributed by atoms with Crippen LogP contribution in [0.1, 0.15) is 28.4 Å². The topological polar surface area (TPSA) is 157 Å².